The maximum Gasteiger partial charge on any atom is 0.346 e. The molecule has 3 heterocycles. The minimum Gasteiger partial charge on any atom is -0.477 e. The summed E-state index contributed by atoms with van der Waals surface area (Å²) in [6.07, 6.45) is 1.46. The van der Waals surface area contributed by atoms with Crippen LogP contribution in [0, 0.1) is 13.8 Å². The number of carbonyl (C=O) groups is 1. The van der Waals surface area contributed by atoms with Crippen molar-refractivity contribution in [3.05, 3.63) is 27.8 Å². The Morgan fingerprint density at radius 3 is 2.80 bits per heavy atom. The van der Waals surface area contributed by atoms with E-state index in [9.17, 15) is 9.90 Å². The summed E-state index contributed by atoms with van der Waals surface area (Å²) in [5.41, 5.74) is 1.69. The summed E-state index contributed by atoms with van der Waals surface area (Å²) in [4.78, 5) is 25.1. The van der Waals surface area contributed by atoms with Crippen molar-refractivity contribution in [2.45, 2.75) is 23.2 Å². The van der Waals surface area contributed by atoms with Crippen LogP contribution in [0.3, 0.4) is 0 Å². The summed E-state index contributed by atoms with van der Waals surface area (Å²) in [5.74, 6) is -0.924. The number of aromatic carboxylic acids is 1. The summed E-state index contributed by atoms with van der Waals surface area (Å²) in [6, 6.07) is 0. The Labute approximate surface area is 126 Å². The highest BCUT2D eigenvalue weighted by Gasteiger charge is 2.19. The summed E-state index contributed by atoms with van der Waals surface area (Å²) in [6.45, 7) is 3.73. The molecule has 8 heteroatoms. The third-order valence-corrected chi connectivity index (χ3v) is 5.92. The quantitative estimate of drug-likeness (QED) is 0.742. The zero-order valence-corrected chi connectivity index (χ0v) is 13.0. The number of aromatic nitrogens is 3. The van der Waals surface area contributed by atoms with Gasteiger partial charge in [0.25, 0.3) is 0 Å². The molecule has 0 atom stereocenters. The summed E-state index contributed by atoms with van der Waals surface area (Å²) in [7, 11) is 0. The van der Waals surface area contributed by atoms with Gasteiger partial charge < -0.3 is 5.11 Å². The standard InChI is InChI=1S/C12H9N3O2S3/c1-5-3-18-12(15-5)20-10-7-6(2)8(11(16)17)19-9(7)13-4-14-10/h3-4H,1-2H3,(H,16,17). The minimum atomic E-state index is -0.924. The van der Waals surface area contributed by atoms with Crippen LogP contribution in [-0.4, -0.2) is 26.0 Å². The second kappa shape index (κ2) is 5.12. The first-order valence-corrected chi connectivity index (χ1v) is 8.15. The van der Waals surface area contributed by atoms with Gasteiger partial charge in [-0.05, 0) is 31.2 Å². The van der Waals surface area contributed by atoms with Crippen LogP contribution >= 0.6 is 34.4 Å². The molecule has 0 spiro atoms. The Balaban J connectivity index is 2.13. The molecule has 5 nitrogen and oxygen atoms in total. The highest BCUT2D eigenvalue weighted by Crippen LogP contribution is 2.38. The lowest BCUT2D eigenvalue weighted by Crippen LogP contribution is -1.94. The van der Waals surface area contributed by atoms with E-state index in [-0.39, 0.29) is 0 Å². The van der Waals surface area contributed by atoms with Crippen molar-refractivity contribution in [3.63, 3.8) is 0 Å². The van der Waals surface area contributed by atoms with E-state index in [2.05, 4.69) is 15.0 Å². The summed E-state index contributed by atoms with van der Waals surface area (Å²) in [5, 5.41) is 12.7. The molecule has 0 bridgehead atoms. The van der Waals surface area contributed by atoms with E-state index in [4.69, 9.17) is 0 Å². The molecule has 3 aromatic heterocycles. The van der Waals surface area contributed by atoms with Crippen LogP contribution < -0.4 is 0 Å². The van der Waals surface area contributed by atoms with E-state index in [0.29, 0.717) is 15.3 Å². The summed E-state index contributed by atoms with van der Waals surface area (Å²) < 4.78 is 0.893. The van der Waals surface area contributed by atoms with Gasteiger partial charge in [-0.3, -0.25) is 0 Å². The highest BCUT2D eigenvalue weighted by atomic mass is 32.2. The Kier molecular flexibility index (Phi) is 3.45. The predicted octanol–water partition coefficient (Wildman–Crippen LogP) is 3.61. The van der Waals surface area contributed by atoms with Crippen molar-refractivity contribution >= 4 is 50.6 Å². The first-order valence-electron chi connectivity index (χ1n) is 5.63. The number of hydrogen-bond donors (Lipinski definition) is 1. The fourth-order valence-electron chi connectivity index (χ4n) is 1.78. The maximum atomic E-state index is 11.2. The predicted molar refractivity (Wildman–Crippen MR) is 80.1 cm³/mol. The van der Waals surface area contributed by atoms with Crippen LogP contribution in [0.25, 0.3) is 10.2 Å². The Morgan fingerprint density at radius 1 is 1.35 bits per heavy atom. The molecule has 0 aliphatic rings. The third kappa shape index (κ3) is 2.30. The molecule has 3 aromatic rings. The fourth-order valence-corrected chi connectivity index (χ4v) is 4.74. The zero-order valence-electron chi connectivity index (χ0n) is 10.6. The highest BCUT2D eigenvalue weighted by molar-refractivity contribution is 8.01. The van der Waals surface area contributed by atoms with Crippen molar-refractivity contribution in [1.29, 1.82) is 0 Å². The first kappa shape index (κ1) is 13.5. The van der Waals surface area contributed by atoms with Crippen molar-refractivity contribution in [1.82, 2.24) is 15.0 Å². The van der Waals surface area contributed by atoms with Crippen LogP contribution in [0.1, 0.15) is 20.9 Å². The molecule has 0 saturated heterocycles. The molecule has 20 heavy (non-hydrogen) atoms. The number of carboxylic acids is 1. The maximum absolute atomic E-state index is 11.2. The molecule has 0 amide bonds. The first-order chi connectivity index (χ1) is 9.56. The zero-order chi connectivity index (χ0) is 14.3. The Bertz CT molecular complexity index is 809. The number of nitrogens with zero attached hydrogens (tertiary/aromatic N) is 3. The molecule has 1 N–H and O–H groups in total. The van der Waals surface area contributed by atoms with Crippen LogP contribution in [0.15, 0.2) is 21.1 Å². The van der Waals surface area contributed by atoms with Gasteiger partial charge in [0.05, 0.1) is 0 Å². The van der Waals surface area contributed by atoms with Gasteiger partial charge in [0.2, 0.25) is 0 Å². The van der Waals surface area contributed by atoms with Gasteiger partial charge in [-0.25, -0.2) is 19.7 Å². The lowest BCUT2D eigenvalue weighted by molar-refractivity contribution is 0.0701. The van der Waals surface area contributed by atoms with Gasteiger partial charge >= 0.3 is 5.97 Å². The van der Waals surface area contributed by atoms with Crippen LogP contribution in [-0.2, 0) is 0 Å². The SMILES string of the molecule is Cc1csc(Sc2ncnc3sc(C(=O)O)c(C)c23)n1. The van der Waals surface area contributed by atoms with E-state index >= 15 is 0 Å². The molecule has 0 aromatic carbocycles. The van der Waals surface area contributed by atoms with E-state index in [1.54, 1.807) is 18.3 Å². The second-order valence-electron chi connectivity index (χ2n) is 4.08. The van der Waals surface area contributed by atoms with E-state index in [0.717, 1.165) is 20.4 Å². The second-order valence-corrected chi connectivity index (χ2v) is 7.17. The molecule has 0 unspecified atom stereocenters. The van der Waals surface area contributed by atoms with E-state index in [1.807, 2.05) is 12.3 Å². The van der Waals surface area contributed by atoms with Crippen LogP contribution in [0.5, 0.6) is 0 Å². The molecule has 102 valence electrons. The number of aryl methyl sites for hydroxylation is 2. The topological polar surface area (TPSA) is 76.0 Å². The average molecular weight is 323 g/mol. The van der Waals surface area contributed by atoms with Gasteiger partial charge in [0, 0.05) is 16.5 Å². The number of carboxylic acid groups (broad SMARTS) is 1. The number of thiazole rings is 1. The van der Waals surface area contributed by atoms with Crippen molar-refractivity contribution in [2.24, 2.45) is 0 Å². The normalized spacial score (nSPS) is 11.1. The van der Waals surface area contributed by atoms with Crippen LogP contribution in [0.4, 0.5) is 0 Å². The summed E-state index contributed by atoms with van der Waals surface area (Å²) >= 11 is 4.18. The number of rotatable bonds is 3. The molecular formula is C12H9N3O2S3. The molecule has 0 aliphatic carbocycles. The molecule has 0 saturated carbocycles. The van der Waals surface area contributed by atoms with Crippen molar-refractivity contribution in [2.75, 3.05) is 0 Å². The third-order valence-electron chi connectivity index (χ3n) is 2.67. The van der Waals surface area contributed by atoms with Gasteiger partial charge in [0.1, 0.15) is 21.1 Å². The fraction of sp³-hybridized carbons (Fsp3) is 0.167. The van der Waals surface area contributed by atoms with Gasteiger partial charge in [-0.1, -0.05) is 0 Å². The van der Waals surface area contributed by atoms with Crippen LogP contribution in [0.2, 0.25) is 0 Å². The number of thiophene rings is 1. The molecule has 0 aliphatic heterocycles. The average Bonchev–Trinajstić information content (AvgIpc) is 2.95. The van der Waals surface area contributed by atoms with Crippen molar-refractivity contribution in [3.8, 4) is 0 Å². The number of hydrogen-bond acceptors (Lipinski definition) is 7. The molecule has 0 fully saturated rings. The molecule has 0 radical (unpaired) electrons. The Hall–Kier alpha value is -1.51. The van der Waals surface area contributed by atoms with Gasteiger partial charge in [-0.15, -0.1) is 22.7 Å². The van der Waals surface area contributed by atoms with E-state index < -0.39 is 5.97 Å². The van der Waals surface area contributed by atoms with E-state index in [1.165, 1.54) is 29.4 Å². The Morgan fingerprint density at radius 2 is 2.15 bits per heavy atom. The lowest BCUT2D eigenvalue weighted by atomic mass is 10.2. The molecular weight excluding hydrogens is 314 g/mol. The van der Waals surface area contributed by atoms with Crippen molar-refractivity contribution < 1.29 is 9.90 Å². The minimum absolute atomic E-state index is 0.317. The lowest BCUT2D eigenvalue weighted by Gasteiger charge is -2.00. The smallest absolute Gasteiger partial charge is 0.346 e. The monoisotopic (exact) mass is 323 g/mol. The number of fused-ring (bicyclic) bond motifs is 1. The largest absolute Gasteiger partial charge is 0.477 e. The van der Waals surface area contributed by atoms with Gasteiger partial charge in [0.15, 0.2) is 4.34 Å². The van der Waals surface area contributed by atoms with Gasteiger partial charge in [-0.2, -0.15) is 0 Å². The molecule has 3 rings (SSSR count).